The number of para-hydroxylation sites is 1. The van der Waals surface area contributed by atoms with Gasteiger partial charge in [-0.05, 0) is 42.3 Å². The Morgan fingerprint density at radius 2 is 1.86 bits per heavy atom. The number of nitrogens with two attached hydrogens (primary N) is 1. The van der Waals surface area contributed by atoms with E-state index in [9.17, 15) is 4.79 Å². The van der Waals surface area contributed by atoms with Crippen molar-refractivity contribution in [3.8, 4) is 5.75 Å². The molecule has 2 aromatic carbocycles. The van der Waals surface area contributed by atoms with Gasteiger partial charge in [-0.25, -0.2) is 0 Å². The molecule has 0 unspecified atom stereocenters. The monoisotopic (exact) mass is 284 g/mol. The Morgan fingerprint density at radius 3 is 2.57 bits per heavy atom. The number of benzene rings is 2. The highest BCUT2D eigenvalue weighted by Crippen LogP contribution is 2.18. The smallest absolute Gasteiger partial charge is 0.227 e. The molecular formula is C17H20N2O2. The maximum absolute atomic E-state index is 11.8. The minimum atomic E-state index is -0.0752. The Labute approximate surface area is 124 Å². The Balaban J connectivity index is 1.80. The van der Waals surface area contributed by atoms with Crippen LogP contribution in [0.1, 0.15) is 18.9 Å². The van der Waals surface area contributed by atoms with Gasteiger partial charge in [-0.15, -0.1) is 0 Å². The van der Waals surface area contributed by atoms with Gasteiger partial charge in [-0.3, -0.25) is 4.79 Å². The van der Waals surface area contributed by atoms with Gasteiger partial charge in [-0.2, -0.15) is 0 Å². The minimum Gasteiger partial charge on any atom is -0.493 e. The van der Waals surface area contributed by atoms with Crippen LogP contribution in [0.3, 0.4) is 0 Å². The van der Waals surface area contributed by atoms with Crippen LogP contribution < -0.4 is 15.8 Å². The molecule has 0 aliphatic carbocycles. The van der Waals surface area contributed by atoms with Gasteiger partial charge < -0.3 is 15.8 Å². The van der Waals surface area contributed by atoms with E-state index in [0.717, 1.165) is 23.4 Å². The molecule has 0 atom stereocenters. The molecule has 110 valence electrons. The van der Waals surface area contributed by atoms with E-state index >= 15 is 0 Å². The van der Waals surface area contributed by atoms with E-state index in [1.165, 1.54) is 0 Å². The third-order valence-corrected chi connectivity index (χ3v) is 3.13. The second-order valence-corrected chi connectivity index (χ2v) is 4.73. The van der Waals surface area contributed by atoms with Crippen LogP contribution in [0.15, 0.2) is 48.5 Å². The van der Waals surface area contributed by atoms with E-state index in [2.05, 4.69) is 12.2 Å². The molecule has 0 spiro atoms. The maximum atomic E-state index is 11.8. The lowest BCUT2D eigenvalue weighted by molar-refractivity contribution is -0.116. The number of ether oxygens (including phenoxy) is 1. The molecule has 0 radical (unpaired) electrons. The molecular weight excluding hydrogens is 264 g/mol. The zero-order chi connectivity index (χ0) is 15.1. The van der Waals surface area contributed by atoms with Crippen molar-refractivity contribution in [2.75, 3.05) is 17.7 Å². The van der Waals surface area contributed by atoms with E-state index in [1.54, 1.807) is 24.3 Å². The average molecular weight is 284 g/mol. The number of hydrogen-bond donors (Lipinski definition) is 2. The summed E-state index contributed by atoms with van der Waals surface area (Å²) in [4.78, 5) is 11.8. The summed E-state index contributed by atoms with van der Waals surface area (Å²) in [5.41, 5.74) is 8.16. The average Bonchev–Trinajstić information content (AvgIpc) is 2.50. The van der Waals surface area contributed by atoms with Crippen LogP contribution in [-0.4, -0.2) is 12.5 Å². The van der Waals surface area contributed by atoms with E-state index < -0.39 is 0 Å². The van der Waals surface area contributed by atoms with Crippen molar-refractivity contribution < 1.29 is 9.53 Å². The number of aryl methyl sites for hydroxylation is 1. The Bertz CT molecular complexity index is 594. The first-order valence-electron chi connectivity index (χ1n) is 7.05. The van der Waals surface area contributed by atoms with Gasteiger partial charge in [0.15, 0.2) is 0 Å². The number of carbonyl (C=O) groups is 1. The molecule has 0 aliphatic heterocycles. The summed E-state index contributed by atoms with van der Waals surface area (Å²) in [6.07, 6.45) is 1.22. The standard InChI is InChI=1S/C17H20N2O2/c1-2-13-5-3-4-6-16(13)21-12-11-17(20)19-15-9-7-14(18)8-10-15/h3-10H,2,11-12,18H2,1H3,(H,19,20). The molecule has 0 bridgehead atoms. The molecule has 2 rings (SSSR count). The fourth-order valence-electron chi connectivity index (χ4n) is 1.98. The van der Waals surface area contributed by atoms with Crippen LogP contribution >= 0.6 is 0 Å². The normalized spacial score (nSPS) is 10.1. The van der Waals surface area contributed by atoms with E-state index in [0.29, 0.717) is 18.7 Å². The summed E-state index contributed by atoms with van der Waals surface area (Å²) in [7, 11) is 0. The van der Waals surface area contributed by atoms with Crippen LogP contribution in [0.25, 0.3) is 0 Å². The third kappa shape index (κ3) is 4.53. The fourth-order valence-corrected chi connectivity index (χ4v) is 1.98. The van der Waals surface area contributed by atoms with Crippen molar-refractivity contribution in [3.05, 3.63) is 54.1 Å². The van der Waals surface area contributed by atoms with Gasteiger partial charge in [0.1, 0.15) is 5.75 Å². The summed E-state index contributed by atoms with van der Waals surface area (Å²) in [6.45, 7) is 2.44. The number of nitrogens with one attached hydrogen (secondary N) is 1. The molecule has 0 aromatic heterocycles. The SMILES string of the molecule is CCc1ccccc1OCCC(=O)Nc1ccc(N)cc1. The lowest BCUT2D eigenvalue weighted by Crippen LogP contribution is -2.15. The summed E-state index contributed by atoms with van der Waals surface area (Å²) in [5, 5.41) is 2.81. The number of anilines is 2. The largest absolute Gasteiger partial charge is 0.493 e. The van der Waals surface area contributed by atoms with Gasteiger partial charge in [0.05, 0.1) is 13.0 Å². The molecule has 0 saturated carbocycles. The van der Waals surface area contributed by atoms with Crippen molar-refractivity contribution in [2.45, 2.75) is 19.8 Å². The zero-order valence-electron chi connectivity index (χ0n) is 12.1. The highest BCUT2D eigenvalue weighted by Gasteiger charge is 2.05. The van der Waals surface area contributed by atoms with Crippen molar-refractivity contribution in [1.82, 2.24) is 0 Å². The molecule has 0 fully saturated rings. The quantitative estimate of drug-likeness (QED) is 0.800. The number of carbonyl (C=O) groups excluding carboxylic acids is 1. The Kier molecular flexibility index (Phi) is 5.21. The Hall–Kier alpha value is -2.49. The molecule has 2 aromatic rings. The summed E-state index contributed by atoms with van der Waals surface area (Å²) in [6, 6.07) is 14.9. The molecule has 0 heterocycles. The zero-order valence-corrected chi connectivity index (χ0v) is 12.1. The van der Waals surface area contributed by atoms with Crippen molar-refractivity contribution in [2.24, 2.45) is 0 Å². The first-order valence-corrected chi connectivity index (χ1v) is 7.05. The van der Waals surface area contributed by atoms with E-state index in [-0.39, 0.29) is 5.91 Å². The van der Waals surface area contributed by atoms with Crippen LogP contribution in [0.4, 0.5) is 11.4 Å². The van der Waals surface area contributed by atoms with Gasteiger partial charge in [-0.1, -0.05) is 25.1 Å². The molecule has 0 aliphatic rings. The van der Waals surface area contributed by atoms with Crippen LogP contribution in [-0.2, 0) is 11.2 Å². The van der Waals surface area contributed by atoms with Crippen LogP contribution in [0.2, 0.25) is 0 Å². The summed E-state index contributed by atoms with van der Waals surface area (Å²) < 4.78 is 5.67. The molecule has 4 nitrogen and oxygen atoms in total. The predicted molar refractivity (Wildman–Crippen MR) is 85.4 cm³/mol. The summed E-state index contributed by atoms with van der Waals surface area (Å²) >= 11 is 0. The number of rotatable bonds is 6. The second kappa shape index (κ2) is 7.33. The number of nitrogen functional groups attached to an aromatic ring is 1. The second-order valence-electron chi connectivity index (χ2n) is 4.73. The van der Waals surface area contributed by atoms with Gasteiger partial charge in [0.2, 0.25) is 5.91 Å². The molecule has 1 amide bonds. The Morgan fingerprint density at radius 1 is 1.14 bits per heavy atom. The molecule has 3 N–H and O–H groups in total. The topological polar surface area (TPSA) is 64.3 Å². The molecule has 0 saturated heterocycles. The minimum absolute atomic E-state index is 0.0752. The lowest BCUT2D eigenvalue weighted by Gasteiger charge is -2.10. The van der Waals surface area contributed by atoms with Crippen LogP contribution in [0.5, 0.6) is 5.75 Å². The highest BCUT2D eigenvalue weighted by molar-refractivity contribution is 5.90. The first kappa shape index (κ1) is 14.9. The lowest BCUT2D eigenvalue weighted by atomic mass is 10.1. The third-order valence-electron chi connectivity index (χ3n) is 3.13. The van der Waals surface area contributed by atoms with Crippen molar-refractivity contribution in [3.63, 3.8) is 0 Å². The van der Waals surface area contributed by atoms with E-state index in [4.69, 9.17) is 10.5 Å². The number of hydrogen-bond acceptors (Lipinski definition) is 3. The van der Waals surface area contributed by atoms with Gasteiger partial charge >= 0.3 is 0 Å². The van der Waals surface area contributed by atoms with Crippen molar-refractivity contribution >= 4 is 17.3 Å². The van der Waals surface area contributed by atoms with Crippen molar-refractivity contribution in [1.29, 1.82) is 0 Å². The predicted octanol–water partition coefficient (Wildman–Crippen LogP) is 3.24. The molecule has 4 heteroatoms. The first-order chi connectivity index (χ1) is 10.2. The maximum Gasteiger partial charge on any atom is 0.227 e. The van der Waals surface area contributed by atoms with Crippen LogP contribution in [0, 0.1) is 0 Å². The fraction of sp³-hybridized carbons (Fsp3) is 0.235. The van der Waals surface area contributed by atoms with Gasteiger partial charge in [0.25, 0.3) is 0 Å². The van der Waals surface area contributed by atoms with E-state index in [1.807, 2.05) is 24.3 Å². The van der Waals surface area contributed by atoms with Gasteiger partial charge in [0, 0.05) is 11.4 Å². The number of amides is 1. The molecule has 21 heavy (non-hydrogen) atoms. The summed E-state index contributed by atoms with van der Waals surface area (Å²) in [5.74, 6) is 0.772. The highest BCUT2D eigenvalue weighted by atomic mass is 16.5.